The average molecular weight is 388 g/mol. The number of aliphatic imine (C=N–C) groups is 1. The molecule has 0 aliphatic heterocycles. The molecule has 0 aliphatic carbocycles. The van der Waals surface area contributed by atoms with E-state index in [-0.39, 0.29) is 22.6 Å². The Hall–Kier alpha value is -3.96. The Balaban J connectivity index is 2.27. The Morgan fingerprint density at radius 2 is 1.75 bits per heavy atom. The molecular weight excluding hydrogens is 372 g/mol. The van der Waals surface area contributed by atoms with Crippen LogP contribution in [-0.4, -0.2) is 35.3 Å². The van der Waals surface area contributed by atoms with Crippen LogP contribution >= 0.6 is 0 Å². The van der Waals surface area contributed by atoms with E-state index in [1.165, 1.54) is 21.3 Å². The van der Waals surface area contributed by atoms with E-state index in [9.17, 15) is 29.6 Å². The number of nitro groups is 1. The summed E-state index contributed by atoms with van der Waals surface area (Å²) in [6.07, 6.45) is 0.906. The highest BCUT2D eigenvalue weighted by atomic mass is 16.6. The van der Waals surface area contributed by atoms with Crippen molar-refractivity contribution >= 4 is 28.6 Å². The van der Waals surface area contributed by atoms with Crippen molar-refractivity contribution in [3.63, 3.8) is 0 Å². The summed E-state index contributed by atoms with van der Waals surface area (Å²) in [5.74, 6) is -0.719. The standard InChI is InChI=1S/C16H16N6O6/c1-3-20-11-5-9(17-7-8-13(23)18-15(25)19-14(8)24)10(22(27)28)6-12(11)21(4-2)16(20)26/h5-7H,3-4H2,1-2H3,(H3,18,19,23,24,25). The van der Waals surface area contributed by atoms with Gasteiger partial charge in [0, 0.05) is 25.4 Å². The zero-order chi connectivity index (χ0) is 20.6. The summed E-state index contributed by atoms with van der Waals surface area (Å²) in [5.41, 5.74) is -2.12. The molecule has 12 heteroatoms. The highest BCUT2D eigenvalue weighted by molar-refractivity contribution is 5.89. The molecule has 0 spiro atoms. The predicted octanol–water partition coefficient (Wildman–Crippen LogP) is 0.584. The molecule has 1 aromatic carbocycles. The molecule has 3 N–H and O–H groups in total. The predicted molar refractivity (Wildman–Crippen MR) is 101 cm³/mol. The van der Waals surface area contributed by atoms with E-state index in [2.05, 4.69) is 4.99 Å². The van der Waals surface area contributed by atoms with Gasteiger partial charge in [-0.15, -0.1) is 0 Å². The van der Waals surface area contributed by atoms with Crippen LogP contribution in [-0.2, 0) is 13.1 Å². The number of aromatic amines is 2. The molecule has 0 fully saturated rings. The molecule has 28 heavy (non-hydrogen) atoms. The van der Waals surface area contributed by atoms with E-state index < -0.39 is 22.1 Å². The fourth-order valence-corrected chi connectivity index (χ4v) is 2.94. The highest BCUT2D eigenvalue weighted by Gasteiger charge is 2.20. The lowest BCUT2D eigenvalue weighted by molar-refractivity contribution is -0.383. The van der Waals surface area contributed by atoms with Crippen molar-refractivity contribution in [1.29, 1.82) is 0 Å². The van der Waals surface area contributed by atoms with Crippen LogP contribution in [0.5, 0.6) is 5.88 Å². The topological polar surface area (TPSA) is 168 Å². The number of nitro benzene ring substituents is 1. The summed E-state index contributed by atoms with van der Waals surface area (Å²) in [4.78, 5) is 54.0. The maximum atomic E-state index is 12.4. The molecule has 0 saturated carbocycles. The quantitative estimate of drug-likeness (QED) is 0.328. The zero-order valence-electron chi connectivity index (χ0n) is 14.9. The van der Waals surface area contributed by atoms with Gasteiger partial charge in [-0.3, -0.25) is 34.0 Å². The average Bonchev–Trinajstić information content (AvgIpc) is 2.89. The summed E-state index contributed by atoms with van der Waals surface area (Å²) in [6.45, 7) is 4.21. The molecule has 12 nitrogen and oxygen atoms in total. The van der Waals surface area contributed by atoms with Crippen LogP contribution in [0.2, 0.25) is 0 Å². The number of aromatic nitrogens is 4. The molecular formula is C16H16N6O6. The second-order valence-corrected chi connectivity index (χ2v) is 5.79. The number of H-pyrrole nitrogens is 2. The van der Waals surface area contributed by atoms with Crippen LogP contribution in [0.1, 0.15) is 19.4 Å². The lowest BCUT2D eigenvalue weighted by Gasteiger charge is -2.02. The van der Waals surface area contributed by atoms with Crippen molar-refractivity contribution in [3.8, 4) is 5.88 Å². The van der Waals surface area contributed by atoms with Crippen molar-refractivity contribution in [2.24, 2.45) is 4.99 Å². The van der Waals surface area contributed by atoms with Crippen LogP contribution in [0.25, 0.3) is 11.0 Å². The largest absolute Gasteiger partial charge is 0.494 e. The minimum absolute atomic E-state index is 0.113. The van der Waals surface area contributed by atoms with Crippen molar-refractivity contribution in [2.75, 3.05) is 0 Å². The summed E-state index contributed by atoms with van der Waals surface area (Å²) >= 11 is 0. The summed E-state index contributed by atoms with van der Waals surface area (Å²) < 4.78 is 2.86. The molecule has 2 heterocycles. The smallest absolute Gasteiger partial charge is 0.329 e. The van der Waals surface area contributed by atoms with E-state index in [4.69, 9.17) is 0 Å². The lowest BCUT2D eigenvalue weighted by atomic mass is 10.2. The minimum atomic E-state index is -0.906. The molecule has 3 rings (SSSR count). The molecule has 146 valence electrons. The Morgan fingerprint density at radius 1 is 1.14 bits per heavy atom. The van der Waals surface area contributed by atoms with Crippen molar-refractivity contribution < 1.29 is 10.0 Å². The first-order chi connectivity index (χ1) is 13.3. The van der Waals surface area contributed by atoms with Crippen molar-refractivity contribution in [2.45, 2.75) is 26.9 Å². The summed E-state index contributed by atoms with van der Waals surface area (Å²) in [5, 5.41) is 21.2. The van der Waals surface area contributed by atoms with E-state index in [0.29, 0.717) is 24.1 Å². The second-order valence-electron chi connectivity index (χ2n) is 5.79. The SMILES string of the molecule is CCn1c(=O)n(CC)c2cc([N+](=O)[O-])c(N=Cc3c(O)[nH]c(=O)[nH]c3=O)cc21. The molecule has 0 unspecified atom stereocenters. The fraction of sp³-hybridized carbons (Fsp3) is 0.250. The number of imidazole rings is 1. The number of fused-ring (bicyclic) bond motifs is 1. The van der Waals surface area contributed by atoms with Gasteiger partial charge < -0.3 is 5.11 Å². The van der Waals surface area contributed by atoms with Crippen LogP contribution in [0.3, 0.4) is 0 Å². The Morgan fingerprint density at radius 3 is 2.29 bits per heavy atom. The van der Waals surface area contributed by atoms with Gasteiger partial charge in [0.15, 0.2) is 0 Å². The fourth-order valence-electron chi connectivity index (χ4n) is 2.94. The van der Waals surface area contributed by atoms with Crippen LogP contribution < -0.4 is 16.9 Å². The first-order valence-corrected chi connectivity index (χ1v) is 8.29. The molecule has 0 saturated heterocycles. The van der Waals surface area contributed by atoms with Gasteiger partial charge in [-0.05, 0) is 19.9 Å². The van der Waals surface area contributed by atoms with Gasteiger partial charge in [-0.25, -0.2) is 14.6 Å². The van der Waals surface area contributed by atoms with Gasteiger partial charge in [-0.2, -0.15) is 0 Å². The number of nitrogens with zero attached hydrogens (tertiary/aromatic N) is 4. The normalized spacial score (nSPS) is 11.5. The molecule has 0 bridgehead atoms. The van der Waals surface area contributed by atoms with Crippen molar-refractivity contribution in [3.05, 3.63) is 59.1 Å². The third-order valence-electron chi connectivity index (χ3n) is 4.24. The maximum Gasteiger partial charge on any atom is 0.329 e. The monoisotopic (exact) mass is 388 g/mol. The number of aromatic hydroxyl groups is 1. The first kappa shape index (κ1) is 18.8. The van der Waals surface area contributed by atoms with Crippen molar-refractivity contribution in [1.82, 2.24) is 19.1 Å². The molecule has 0 radical (unpaired) electrons. The Kier molecular flexibility index (Phi) is 4.69. The third kappa shape index (κ3) is 3.00. The van der Waals surface area contributed by atoms with Gasteiger partial charge in [0.2, 0.25) is 5.88 Å². The van der Waals surface area contributed by atoms with E-state index in [1.54, 1.807) is 13.8 Å². The van der Waals surface area contributed by atoms with Gasteiger partial charge in [0.1, 0.15) is 11.3 Å². The summed E-state index contributed by atoms with van der Waals surface area (Å²) in [6, 6.07) is 2.62. The van der Waals surface area contributed by atoms with Crippen LogP contribution in [0, 0.1) is 10.1 Å². The summed E-state index contributed by atoms with van der Waals surface area (Å²) in [7, 11) is 0. The Bertz CT molecular complexity index is 1290. The number of rotatable bonds is 5. The number of hydrogen-bond donors (Lipinski definition) is 3. The van der Waals surface area contributed by atoms with Crippen LogP contribution in [0.15, 0.2) is 31.5 Å². The second kappa shape index (κ2) is 6.98. The van der Waals surface area contributed by atoms with Crippen LogP contribution in [0.4, 0.5) is 11.4 Å². The number of benzene rings is 1. The highest BCUT2D eigenvalue weighted by Crippen LogP contribution is 2.32. The number of aryl methyl sites for hydroxylation is 2. The third-order valence-corrected chi connectivity index (χ3v) is 4.24. The van der Waals surface area contributed by atoms with E-state index >= 15 is 0 Å². The first-order valence-electron chi connectivity index (χ1n) is 8.29. The minimum Gasteiger partial charge on any atom is -0.494 e. The maximum absolute atomic E-state index is 12.4. The van der Waals surface area contributed by atoms with Gasteiger partial charge in [0.05, 0.1) is 16.0 Å². The lowest BCUT2D eigenvalue weighted by Crippen LogP contribution is -2.24. The van der Waals surface area contributed by atoms with E-state index in [0.717, 1.165) is 6.21 Å². The Labute approximate surface area is 155 Å². The zero-order valence-corrected chi connectivity index (χ0v) is 14.9. The van der Waals surface area contributed by atoms with E-state index in [1.807, 2.05) is 9.97 Å². The van der Waals surface area contributed by atoms with Gasteiger partial charge in [0.25, 0.3) is 11.2 Å². The molecule has 0 amide bonds. The molecule has 2 aromatic heterocycles. The molecule has 0 aliphatic rings. The molecule has 0 atom stereocenters. The molecule has 3 aromatic rings. The number of hydrogen-bond acceptors (Lipinski definition) is 7. The van der Waals surface area contributed by atoms with Gasteiger partial charge in [-0.1, -0.05) is 0 Å². The number of nitrogens with one attached hydrogen (secondary N) is 2. The van der Waals surface area contributed by atoms with Gasteiger partial charge >= 0.3 is 11.4 Å².